The van der Waals surface area contributed by atoms with E-state index in [1.54, 1.807) is 0 Å². The Morgan fingerprint density at radius 1 is 0.945 bits per heavy atom. The zero-order valence-electron chi connectivity index (χ0n) is 33.3. The molecule has 7 nitrogen and oxygen atoms in total. The van der Waals surface area contributed by atoms with Gasteiger partial charge in [0.1, 0.15) is 0 Å². The fourth-order valence-corrected chi connectivity index (χ4v) is 18.0. The molecule has 6 saturated carbocycles. The second-order valence-corrected chi connectivity index (χ2v) is 21.6. The van der Waals surface area contributed by atoms with Crippen LogP contribution in [0.1, 0.15) is 115 Å². The van der Waals surface area contributed by atoms with Gasteiger partial charge in [-0.05, 0) is 144 Å². The van der Waals surface area contributed by atoms with Crippen LogP contribution in [-0.4, -0.2) is 68.6 Å². The Morgan fingerprint density at radius 2 is 1.73 bits per heavy atom. The number of allylic oxidation sites excluding steroid dienone is 3. The molecule has 55 heavy (non-hydrogen) atoms. The van der Waals surface area contributed by atoms with Crippen LogP contribution in [0.15, 0.2) is 42.0 Å². The first-order valence-corrected chi connectivity index (χ1v) is 21.6. The number of aliphatic hydroxyl groups is 5. The number of carbonyl (C=O) groups excluding carboxylic acids is 2. The number of ketones is 1. The average Bonchev–Trinajstić information content (AvgIpc) is 3.53. The van der Waals surface area contributed by atoms with E-state index in [9.17, 15) is 30.3 Å². The summed E-state index contributed by atoms with van der Waals surface area (Å²) in [6.45, 7) is 8.48. The van der Waals surface area contributed by atoms with Gasteiger partial charge in [-0.2, -0.15) is 0 Å². The lowest BCUT2D eigenvalue weighted by atomic mass is 9.27. The molecule has 0 aliphatic heterocycles. The third-order valence-electron chi connectivity index (χ3n) is 19.7. The molecule has 0 aromatic heterocycles. The Kier molecular flexibility index (Phi) is 7.65. The summed E-state index contributed by atoms with van der Waals surface area (Å²) in [5, 5.41) is 61.7. The summed E-state index contributed by atoms with van der Waals surface area (Å²) in [6, 6.07) is 5.87. The molecule has 0 radical (unpaired) electrons. The molecule has 2 spiro atoms. The number of benzene rings is 1. The van der Waals surface area contributed by atoms with Gasteiger partial charge >= 0.3 is 0 Å². The molecule has 7 heteroatoms. The van der Waals surface area contributed by atoms with Crippen LogP contribution >= 0.6 is 0 Å². The molecule has 9 aliphatic carbocycles. The topological polar surface area (TPSA) is 135 Å². The maximum Gasteiger partial charge on any atom is 0.159 e. The molecule has 0 unspecified atom stereocenters. The molecule has 15 atom stereocenters. The van der Waals surface area contributed by atoms with Crippen molar-refractivity contribution in [1.29, 1.82) is 0 Å². The van der Waals surface area contributed by atoms with Gasteiger partial charge in [-0.1, -0.05) is 82.2 Å². The van der Waals surface area contributed by atoms with Crippen LogP contribution in [0.25, 0.3) is 12.2 Å². The number of hydrogen-bond acceptors (Lipinski definition) is 7. The quantitative estimate of drug-likeness (QED) is 0.215. The monoisotopic (exact) mass is 750 g/mol. The first-order valence-electron chi connectivity index (χ1n) is 21.6. The van der Waals surface area contributed by atoms with E-state index in [0.29, 0.717) is 43.6 Å². The predicted molar refractivity (Wildman–Crippen MR) is 209 cm³/mol. The zero-order chi connectivity index (χ0) is 38.8. The second kappa shape index (κ2) is 11.4. The minimum absolute atomic E-state index is 0.0243. The second-order valence-electron chi connectivity index (χ2n) is 21.6. The van der Waals surface area contributed by atoms with Crippen molar-refractivity contribution in [3.63, 3.8) is 0 Å². The van der Waals surface area contributed by atoms with E-state index in [4.69, 9.17) is 0 Å². The van der Waals surface area contributed by atoms with Crippen molar-refractivity contribution in [2.75, 3.05) is 13.2 Å². The first-order chi connectivity index (χ1) is 26.1. The summed E-state index contributed by atoms with van der Waals surface area (Å²) in [5.74, 6) is -0.466. The van der Waals surface area contributed by atoms with Crippen LogP contribution < -0.4 is 10.4 Å². The number of aliphatic hydroxyl groups excluding tert-OH is 4. The molecule has 6 fully saturated rings. The minimum atomic E-state index is -1.25. The van der Waals surface area contributed by atoms with Crippen LogP contribution in [-0.2, 0) is 4.79 Å². The molecule has 9 aliphatic rings. The van der Waals surface area contributed by atoms with E-state index in [1.165, 1.54) is 0 Å². The number of aldehydes is 1. The van der Waals surface area contributed by atoms with Crippen LogP contribution in [0.3, 0.4) is 0 Å². The Balaban J connectivity index is 1.25. The van der Waals surface area contributed by atoms with Crippen molar-refractivity contribution in [2.24, 2.45) is 73.4 Å². The third-order valence-corrected chi connectivity index (χ3v) is 19.7. The van der Waals surface area contributed by atoms with Crippen molar-refractivity contribution in [3.8, 4) is 0 Å². The molecular formula is C48H62O7. The van der Waals surface area contributed by atoms with Gasteiger partial charge in [-0.15, -0.1) is 0 Å². The lowest BCUT2D eigenvalue weighted by Gasteiger charge is -2.77. The van der Waals surface area contributed by atoms with Crippen LogP contribution in [0.2, 0.25) is 0 Å². The van der Waals surface area contributed by atoms with E-state index >= 15 is 4.79 Å². The standard InChI is InChI=1S/C48H62O7/c1-41(2)22-35-34-21-36(52)40-44(42(34,3)26-46(55)17-11-31-9-6-14-45(31,25-41)48(35,46)27-51)15-10-29-19-32-28(7-5-8-30(32)23-49)20-33(29)47(40)18-13-38(53)43(4,39(54)24-50)37(47)12-16-44/h5,7-8,11,17,19-21,23,29,31,33,35,37-40,50-51,53-55H,6,9-10,12-16,18,22,24-27H2,1-4H3/t29-,31-,33-,35-,37-,38+,39-,40+,42-,43+,44-,45+,46+,47-,48-/m1/s1. The maximum absolute atomic E-state index is 15.9. The lowest BCUT2D eigenvalue weighted by Crippen LogP contribution is -2.77. The summed E-state index contributed by atoms with van der Waals surface area (Å²) >= 11 is 0. The minimum Gasteiger partial charge on any atom is -0.396 e. The highest BCUT2D eigenvalue weighted by molar-refractivity contribution is 5.96. The highest BCUT2D eigenvalue weighted by atomic mass is 16.3. The molecule has 0 saturated heterocycles. The molecule has 0 heterocycles. The van der Waals surface area contributed by atoms with Gasteiger partial charge in [0.05, 0.1) is 31.0 Å². The van der Waals surface area contributed by atoms with Gasteiger partial charge in [0, 0.05) is 22.3 Å². The van der Waals surface area contributed by atoms with Crippen LogP contribution in [0.5, 0.6) is 0 Å². The van der Waals surface area contributed by atoms with E-state index in [-0.39, 0.29) is 46.9 Å². The summed E-state index contributed by atoms with van der Waals surface area (Å²) in [7, 11) is 0. The summed E-state index contributed by atoms with van der Waals surface area (Å²) in [4.78, 5) is 28.3. The van der Waals surface area contributed by atoms with Gasteiger partial charge in [-0.25, -0.2) is 0 Å². The molecular weight excluding hydrogens is 689 g/mol. The summed E-state index contributed by atoms with van der Waals surface area (Å²) < 4.78 is 0. The van der Waals surface area contributed by atoms with Crippen LogP contribution in [0, 0.1) is 73.4 Å². The predicted octanol–water partition coefficient (Wildman–Crippen LogP) is 5.03. The van der Waals surface area contributed by atoms with Crippen molar-refractivity contribution in [2.45, 2.75) is 123 Å². The number of fused-ring (bicyclic) bond motifs is 4. The lowest BCUT2D eigenvalue weighted by molar-refractivity contribution is -0.284. The Morgan fingerprint density at radius 3 is 2.47 bits per heavy atom. The highest BCUT2D eigenvalue weighted by Gasteiger charge is 2.81. The molecule has 5 N–H and O–H groups in total. The average molecular weight is 751 g/mol. The highest BCUT2D eigenvalue weighted by Crippen LogP contribution is 2.84. The fourth-order valence-electron chi connectivity index (χ4n) is 18.0. The van der Waals surface area contributed by atoms with E-state index in [1.807, 2.05) is 25.1 Å². The molecule has 296 valence electrons. The Hall–Kier alpha value is -2.42. The zero-order valence-corrected chi connectivity index (χ0v) is 33.3. The fraction of sp³-hybridized carbons (Fsp3) is 0.708. The Bertz CT molecular complexity index is 2040. The molecule has 10 rings (SSSR count). The number of carbonyl (C=O) groups is 2. The van der Waals surface area contributed by atoms with Gasteiger partial charge in [0.25, 0.3) is 0 Å². The van der Waals surface area contributed by atoms with Gasteiger partial charge in [-0.3, -0.25) is 9.59 Å². The van der Waals surface area contributed by atoms with E-state index in [2.05, 4.69) is 51.1 Å². The number of hydrogen-bond donors (Lipinski definition) is 5. The number of rotatable bonds is 4. The largest absolute Gasteiger partial charge is 0.396 e. The van der Waals surface area contributed by atoms with E-state index < -0.39 is 57.4 Å². The van der Waals surface area contributed by atoms with Gasteiger partial charge < -0.3 is 25.5 Å². The van der Waals surface area contributed by atoms with Crippen molar-refractivity contribution in [1.82, 2.24) is 0 Å². The van der Waals surface area contributed by atoms with Crippen LogP contribution in [0.4, 0.5) is 0 Å². The molecule has 2 bridgehead atoms. The first kappa shape index (κ1) is 36.9. The van der Waals surface area contributed by atoms with E-state index in [0.717, 1.165) is 67.2 Å². The smallest absolute Gasteiger partial charge is 0.159 e. The molecule has 1 aromatic rings. The SMILES string of the molecule is CC1(C)C[C@@H]2C3=CC(=O)[C@@H]4[C@@]56CC[C@H](O)[C@@](C)([C@H](O)CO)[C@H]5CC[C@@]4(CC[C@@H]4C=c5c(C=O)cccc5=C[C@H]46)[C@]3(C)C[C@@]3(O)C=C[C@H]4CCC[C@@]4(C1)[C@@]23CO. The summed E-state index contributed by atoms with van der Waals surface area (Å²) in [6.07, 6.45) is 19.4. The van der Waals surface area contributed by atoms with Gasteiger partial charge in [0.2, 0.25) is 0 Å². The normalized spacial score (nSPS) is 51.5. The van der Waals surface area contributed by atoms with Gasteiger partial charge in [0.15, 0.2) is 12.1 Å². The van der Waals surface area contributed by atoms with Crippen molar-refractivity contribution >= 4 is 24.2 Å². The van der Waals surface area contributed by atoms with Crippen molar-refractivity contribution < 1.29 is 35.1 Å². The Labute approximate surface area is 325 Å². The summed E-state index contributed by atoms with van der Waals surface area (Å²) in [5.41, 5.74) is -3.29. The molecule has 1 aromatic carbocycles. The maximum atomic E-state index is 15.9. The van der Waals surface area contributed by atoms with Crippen molar-refractivity contribution in [3.05, 3.63) is 58.0 Å². The molecule has 0 amide bonds. The third kappa shape index (κ3) is 4.02.